The summed E-state index contributed by atoms with van der Waals surface area (Å²) >= 11 is 0. The lowest BCUT2D eigenvalue weighted by Gasteiger charge is -2.29. The maximum absolute atomic E-state index is 11.9. The van der Waals surface area contributed by atoms with E-state index in [1.54, 1.807) is 0 Å². The van der Waals surface area contributed by atoms with Crippen LogP contribution in [-0.4, -0.2) is 18.5 Å². The molecule has 0 fully saturated rings. The highest BCUT2D eigenvalue weighted by molar-refractivity contribution is 5.82. The van der Waals surface area contributed by atoms with Crippen LogP contribution in [0.4, 0.5) is 0 Å². The molecular weight excluding hydrogens is 224 g/mol. The smallest absolute Gasteiger partial charge is 0.237 e. The molecule has 0 spiro atoms. The summed E-state index contributed by atoms with van der Waals surface area (Å²) in [6.07, 6.45) is 4.87. The minimum Gasteiger partial charge on any atom is -0.354 e. The number of amides is 1. The van der Waals surface area contributed by atoms with Gasteiger partial charge in [0.2, 0.25) is 5.91 Å². The van der Waals surface area contributed by atoms with Crippen LogP contribution < -0.4 is 11.1 Å². The fourth-order valence-electron chi connectivity index (χ4n) is 1.77. The summed E-state index contributed by atoms with van der Waals surface area (Å²) in [6, 6.07) is -0.441. The van der Waals surface area contributed by atoms with Gasteiger partial charge in [-0.15, -0.1) is 0 Å². The number of carbonyl (C=O) groups is 1. The highest BCUT2D eigenvalue weighted by Gasteiger charge is 2.28. The van der Waals surface area contributed by atoms with Gasteiger partial charge in [-0.1, -0.05) is 60.8 Å². The van der Waals surface area contributed by atoms with Crippen LogP contribution >= 0.6 is 0 Å². The van der Waals surface area contributed by atoms with E-state index in [1.807, 2.05) is 20.8 Å². The van der Waals surface area contributed by atoms with Crippen molar-refractivity contribution in [3.05, 3.63) is 0 Å². The molecule has 0 aliphatic rings. The van der Waals surface area contributed by atoms with Gasteiger partial charge < -0.3 is 11.1 Å². The van der Waals surface area contributed by atoms with Crippen LogP contribution in [0, 0.1) is 10.8 Å². The van der Waals surface area contributed by atoms with Crippen LogP contribution in [0.25, 0.3) is 0 Å². The summed E-state index contributed by atoms with van der Waals surface area (Å²) in [5, 5.41) is 2.99. The molecule has 0 rings (SSSR count). The lowest BCUT2D eigenvalue weighted by molar-refractivity contribution is -0.125. The maximum atomic E-state index is 11.9. The maximum Gasteiger partial charge on any atom is 0.237 e. The van der Waals surface area contributed by atoms with Gasteiger partial charge in [-0.05, 0) is 17.3 Å². The second-order valence-corrected chi connectivity index (χ2v) is 7.18. The molecule has 108 valence electrons. The standard InChI is InChI=1S/C15H32N2O/c1-7-8-9-10-15(5,6)11-17-13(18)12(16)14(2,3)4/h12H,7-11,16H2,1-6H3,(H,17,18)/t12-/m1/s1. The number of nitrogens with one attached hydrogen (secondary N) is 1. The summed E-state index contributed by atoms with van der Waals surface area (Å²) in [4.78, 5) is 11.9. The molecule has 18 heavy (non-hydrogen) atoms. The fourth-order valence-corrected chi connectivity index (χ4v) is 1.77. The molecule has 0 aliphatic heterocycles. The lowest BCUT2D eigenvalue weighted by Crippen LogP contribution is -2.50. The van der Waals surface area contributed by atoms with E-state index in [0.717, 1.165) is 6.42 Å². The van der Waals surface area contributed by atoms with Gasteiger partial charge in [0.25, 0.3) is 0 Å². The Morgan fingerprint density at radius 1 is 1.17 bits per heavy atom. The lowest BCUT2D eigenvalue weighted by atomic mass is 9.85. The summed E-state index contributed by atoms with van der Waals surface area (Å²) in [5.41, 5.74) is 5.90. The monoisotopic (exact) mass is 256 g/mol. The van der Waals surface area contributed by atoms with E-state index in [1.165, 1.54) is 19.3 Å². The van der Waals surface area contributed by atoms with Gasteiger partial charge in [-0.3, -0.25) is 4.79 Å². The molecule has 0 aliphatic carbocycles. The zero-order chi connectivity index (χ0) is 14.4. The molecule has 0 aromatic carbocycles. The first-order valence-corrected chi connectivity index (χ1v) is 7.13. The normalized spacial score (nSPS) is 14.4. The third kappa shape index (κ3) is 7.00. The molecule has 3 heteroatoms. The van der Waals surface area contributed by atoms with Crippen LogP contribution in [-0.2, 0) is 4.79 Å². The SMILES string of the molecule is CCCCCC(C)(C)CNC(=O)[C@@H](N)C(C)(C)C. The molecule has 1 atom stereocenters. The fraction of sp³-hybridized carbons (Fsp3) is 0.933. The van der Waals surface area contributed by atoms with Crippen LogP contribution in [0.5, 0.6) is 0 Å². The van der Waals surface area contributed by atoms with E-state index in [4.69, 9.17) is 5.73 Å². The third-order valence-electron chi connectivity index (χ3n) is 3.41. The van der Waals surface area contributed by atoms with E-state index in [-0.39, 0.29) is 16.7 Å². The Kier molecular flexibility index (Phi) is 6.90. The molecule has 0 unspecified atom stereocenters. The van der Waals surface area contributed by atoms with Gasteiger partial charge in [-0.25, -0.2) is 0 Å². The average molecular weight is 256 g/mol. The van der Waals surface area contributed by atoms with Crippen LogP contribution in [0.3, 0.4) is 0 Å². The second kappa shape index (κ2) is 7.13. The number of nitrogens with two attached hydrogens (primary N) is 1. The number of rotatable bonds is 7. The van der Waals surface area contributed by atoms with Gasteiger partial charge in [0.1, 0.15) is 0 Å². The summed E-state index contributed by atoms with van der Waals surface area (Å²) in [6.45, 7) is 13.3. The Hall–Kier alpha value is -0.570. The number of hydrogen-bond donors (Lipinski definition) is 2. The van der Waals surface area contributed by atoms with Crippen molar-refractivity contribution in [1.29, 1.82) is 0 Å². The zero-order valence-corrected chi connectivity index (χ0v) is 13.1. The van der Waals surface area contributed by atoms with Crippen molar-refractivity contribution in [2.45, 2.75) is 73.3 Å². The van der Waals surface area contributed by atoms with Gasteiger partial charge in [0.05, 0.1) is 6.04 Å². The molecular formula is C15H32N2O. The van der Waals surface area contributed by atoms with Crippen molar-refractivity contribution in [3.8, 4) is 0 Å². The summed E-state index contributed by atoms with van der Waals surface area (Å²) in [7, 11) is 0. The molecule has 0 bridgehead atoms. The van der Waals surface area contributed by atoms with E-state index < -0.39 is 6.04 Å². The molecule has 3 N–H and O–H groups in total. The van der Waals surface area contributed by atoms with E-state index in [2.05, 4.69) is 26.1 Å². The van der Waals surface area contributed by atoms with Gasteiger partial charge in [-0.2, -0.15) is 0 Å². The van der Waals surface area contributed by atoms with Crippen molar-refractivity contribution in [3.63, 3.8) is 0 Å². The van der Waals surface area contributed by atoms with Crippen molar-refractivity contribution < 1.29 is 4.79 Å². The van der Waals surface area contributed by atoms with Crippen molar-refractivity contribution >= 4 is 5.91 Å². The van der Waals surface area contributed by atoms with E-state index in [0.29, 0.717) is 6.54 Å². The molecule has 0 aromatic rings. The first-order chi connectivity index (χ1) is 8.10. The molecule has 0 radical (unpaired) electrons. The Bertz CT molecular complexity index is 254. The Labute approximate surface area is 113 Å². The van der Waals surface area contributed by atoms with Crippen molar-refractivity contribution in [2.24, 2.45) is 16.6 Å². The minimum atomic E-state index is -0.441. The minimum absolute atomic E-state index is 0.0360. The predicted octanol–water partition coefficient (Wildman–Crippen LogP) is 3.08. The van der Waals surface area contributed by atoms with Crippen LogP contribution in [0.2, 0.25) is 0 Å². The van der Waals surface area contributed by atoms with Crippen molar-refractivity contribution in [1.82, 2.24) is 5.32 Å². The largest absolute Gasteiger partial charge is 0.354 e. The van der Waals surface area contributed by atoms with E-state index >= 15 is 0 Å². The first kappa shape index (κ1) is 17.4. The average Bonchev–Trinajstić information content (AvgIpc) is 2.24. The molecule has 0 saturated heterocycles. The summed E-state index contributed by atoms with van der Waals surface area (Å²) in [5.74, 6) is -0.0360. The Morgan fingerprint density at radius 2 is 1.72 bits per heavy atom. The zero-order valence-electron chi connectivity index (χ0n) is 13.1. The number of unbranched alkanes of at least 4 members (excludes halogenated alkanes) is 2. The summed E-state index contributed by atoms with van der Waals surface area (Å²) < 4.78 is 0. The molecule has 1 amide bonds. The number of hydrogen-bond acceptors (Lipinski definition) is 2. The highest BCUT2D eigenvalue weighted by Crippen LogP contribution is 2.23. The highest BCUT2D eigenvalue weighted by atomic mass is 16.2. The molecule has 3 nitrogen and oxygen atoms in total. The third-order valence-corrected chi connectivity index (χ3v) is 3.41. The predicted molar refractivity (Wildman–Crippen MR) is 78.4 cm³/mol. The molecule has 0 aromatic heterocycles. The van der Waals surface area contributed by atoms with Crippen LogP contribution in [0.1, 0.15) is 67.2 Å². The Morgan fingerprint density at radius 3 is 2.17 bits per heavy atom. The molecule has 0 heterocycles. The van der Waals surface area contributed by atoms with Gasteiger partial charge in [0, 0.05) is 6.54 Å². The van der Waals surface area contributed by atoms with Gasteiger partial charge in [0.15, 0.2) is 0 Å². The quantitative estimate of drug-likeness (QED) is 0.688. The van der Waals surface area contributed by atoms with Crippen molar-refractivity contribution in [2.75, 3.05) is 6.54 Å². The van der Waals surface area contributed by atoms with Crippen LogP contribution in [0.15, 0.2) is 0 Å². The van der Waals surface area contributed by atoms with E-state index in [9.17, 15) is 4.79 Å². The first-order valence-electron chi connectivity index (χ1n) is 7.13. The molecule has 0 saturated carbocycles. The topological polar surface area (TPSA) is 55.1 Å². The van der Waals surface area contributed by atoms with Gasteiger partial charge >= 0.3 is 0 Å². The second-order valence-electron chi connectivity index (χ2n) is 7.18. The Balaban J connectivity index is 4.11. The number of carbonyl (C=O) groups excluding carboxylic acids is 1.